The molecule has 1 aliphatic carbocycles. The van der Waals surface area contributed by atoms with Crippen LogP contribution in [-0.4, -0.2) is 4.57 Å². The van der Waals surface area contributed by atoms with Gasteiger partial charge in [-0.05, 0) is 98.9 Å². The molecule has 0 spiro atoms. The minimum Gasteiger partial charge on any atom is -0.309 e. The Balaban J connectivity index is 1.16. The molecule has 2 heteroatoms. The molecule has 0 saturated carbocycles. The average molecular weight is 651 g/mol. The van der Waals surface area contributed by atoms with E-state index < -0.39 is 0 Å². The first-order chi connectivity index (χ1) is 25.1. The maximum absolute atomic E-state index is 2.49. The molecule has 240 valence electrons. The molecule has 0 N–H and O–H groups in total. The van der Waals surface area contributed by atoms with Crippen molar-refractivity contribution in [3.05, 3.63) is 181 Å². The van der Waals surface area contributed by atoms with Gasteiger partial charge < -0.3 is 9.47 Å². The van der Waals surface area contributed by atoms with Gasteiger partial charge in [-0.2, -0.15) is 0 Å². The second-order valence-electron chi connectivity index (χ2n) is 14.6. The molecule has 2 nitrogen and oxygen atoms in total. The number of fused-ring (bicyclic) bond motifs is 8. The molecule has 0 saturated heterocycles. The van der Waals surface area contributed by atoms with E-state index in [1.807, 2.05) is 0 Å². The van der Waals surface area contributed by atoms with Gasteiger partial charge in [-0.3, -0.25) is 0 Å². The van der Waals surface area contributed by atoms with Crippen molar-refractivity contribution in [2.24, 2.45) is 0 Å². The number of benzene rings is 8. The Hall–Kier alpha value is -6.38. The fourth-order valence-corrected chi connectivity index (χ4v) is 9.12. The van der Waals surface area contributed by atoms with Crippen LogP contribution in [0.5, 0.6) is 0 Å². The fraction of sp³-hybridized carbons (Fsp3) is 0.0612. The maximum Gasteiger partial charge on any atom is 0.0562 e. The van der Waals surface area contributed by atoms with Crippen LogP contribution in [0.1, 0.15) is 25.0 Å². The van der Waals surface area contributed by atoms with E-state index in [0.29, 0.717) is 0 Å². The van der Waals surface area contributed by atoms with Gasteiger partial charge in [0.05, 0.1) is 22.4 Å². The molecule has 1 aromatic heterocycles. The molecule has 8 aromatic carbocycles. The molecule has 0 radical (unpaired) electrons. The Kier molecular flexibility index (Phi) is 5.76. The molecule has 0 amide bonds. The number of para-hydroxylation sites is 2. The minimum absolute atomic E-state index is 0.0105. The zero-order chi connectivity index (χ0) is 33.8. The summed E-state index contributed by atoms with van der Waals surface area (Å²) in [6, 6.07) is 63.0. The van der Waals surface area contributed by atoms with Gasteiger partial charge in [-0.15, -0.1) is 0 Å². The van der Waals surface area contributed by atoms with Gasteiger partial charge in [-0.1, -0.05) is 129 Å². The summed E-state index contributed by atoms with van der Waals surface area (Å²) >= 11 is 0. The van der Waals surface area contributed by atoms with Crippen LogP contribution in [0.2, 0.25) is 0 Å². The Morgan fingerprint density at radius 3 is 2.02 bits per heavy atom. The SMILES string of the molecule is CC1(C)c2ccccc2-c2cc(-c3cccc(N4c5cc6c(cc5-c5cccc7cccc4c57)c4ccccc4n6-c4ccccc4)c3)ccc21. The fourth-order valence-electron chi connectivity index (χ4n) is 9.12. The van der Waals surface area contributed by atoms with Crippen LogP contribution in [0.3, 0.4) is 0 Å². The summed E-state index contributed by atoms with van der Waals surface area (Å²) in [5.41, 5.74) is 17.6. The van der Waals surface area contributed by atoms with Crippen molar-refractivity contribution < 1.29 is 0 Å². The van der Waals surface area contributed by atoms with Gasteiger partial charge in [-0.25, -0.2) is 0 Å². The van der Waals surface area contributed by atoms with Gasteiger partial charge >= 0.3 is 0 Å². The average Bonchev–Trinajstić information content (AvgIpc) is 3.62. The van der Waals surface area contributed by atoms with Gasteiger partial charge in [0.15, 0.2) is 0 Å². The van der Waals surface area contributed by atoms with Gasteiger partial charge in [0.2, 0.25) is 0 Å². The lowest BCUT2D eigenvalue weighted by molar-refractivity contribution is 0.660. The molecule has 2 heterocycles. The standard InChI is InChI=1S/C49H34N2/c1-49(2)42-22-8-6-19-36(42)39-28-33(25-26-43(39)49)32-15-10-18-35(27-32)51-45-24-12-14-31-13-11-21-38(48(31)45)41-29-40-37-20-7-9-23-44(37)50(46(40)30-47(41)51)34-16-4-3-5-17-34/h3-30H,1-2H3. The highest BCUT2D eigenvalue weighted by atomic mass is 15.2. The number of anilines is 3. The van der Waals surface area contributed by atoms with E-state index >= 15 is 0 Å². The molecule has 51 heavy (non-hydrogen) atoms. The Morgan fingerprint density at radius 1 is 0.412 bits per heavy atom. The summed E-state index contributed by atoms with van der Waals surface area (Å²) in [4.78, 5) is 2.49. The Morgan fingerprint density at radius 2 is 1.12 bits per heavy atom. The van der Waals surface area contributed by atoms with Crippen LogP contribution in [0, 0.1) is 0 Å². The van der Waals surface area contributed by atoms with Crippen molar-refractivity contribution in [1.29, 1.82) is 0 Å². The van der Waals surface area contributed by atoms with E-state index in [4.69, 9.17) is 0 Å². The van der Waals surface area contributed by atoms with Crippen LogP contribution in [0.4, 0.5) is 17.1 Å². The first kappa shape index (κ1) is 28.5. The van der Waals surface area contributed by atoms with Crippen molar-refractivity contribution in [1.82, 2.24) is 4.57 Å². The first-order valence-corrected chi connectivity index (χ1v) is 17.9. The highest BCUT2D eigenvalue weighted by molar-refractivity contribution is 6.19. The maximum atomic E-state index is 2.49. The molecule has 0 atom stereocenters. The zero-order valence-electron chi connectivity index (χ0n) is 28.6. The Bertz CT molecular complexity index is 2890. The first-order valence-electron chi connectivity index (χ1n) is 17.9. The summed E-state index contributed by atoms with van der Waals surface area (Å²) in [6.07, 6.45) is 0. The van der Waals surface area contributed by atoms with E-state index in [1.54, 1.807) is 0 Å². The normalized spacial score (nSPS) is 13.8. The van der Waals surface area contributed by atoms with Crippen molar-refractivity contribution in [2.45, 2.75) is 19.3 Å². The molecule has 9 aromatic rings. The summed E-state index contributed by atoms with van der Waals surface area (Å²) < 4.78 is 2.42. The van der Waals surface area contributed by atoms with Gasteiger partial charge in [0.1, 0.15) is 0 Å². The lowest BCUT2D eigenvalue weighted by atomic mass is 9.82. The van der Waals surface area contributed by atoms with E-state index in [-0.39, 0.29) is 5.41 Å². The van der Waals surface area contributed by atoms with Crippen molar-refractivity contribution in [2.75, 3.05) is 4.90 Å². The van der Waals surface area contributed by atoms with Crippen LogP contribution >= 0.6 is 0 Å². The van der Waals surface area contributed by atoms with E-state index in [2.05, 4.69) is 193 Å². The second-order valence-corrected chi connectivity index (χ2v) is 14.6. The van der Waals surface area contributed by atoms with E-state index in [0.717, 1.165) is 11.4 Å². The van der Waals surface area contributed by atoms with Crippen LogP contribution in [0.25, 0.3) is 71.6 Å². The topological polar surface area (TPSA) is 8.17 Å². The molecular weight excluding hydrogens is 617 g/mol. The third-order valence-corrected chi connectivity index (χ3v) is 11.5. The zero-order valence-corrected chi connectivity index (χ0v) is 28.6. The van der Waals surface area contributed by atoms with Crippen LogP contribution in [-0.2, 0) is 5.41 Å². The molecule has 2 aliphatic rings. The quantitative estimate of drug-likeness (QED) is 0.185. The number of aromatic nitrogens is 1. The third-order valence-electron chi connectivity index (χ3n) is 11.5. The second kappa shape index (κ2) is 10.3. The Labute approximate surface area is 297 Å². The molecule has 1 aliphatic heterocycles. The number of hydrogen-bond donors (Lipinski definition) is 0. The molecule has 0 bridgehead atoms. The van der Waals surface area contributed by atoms with Crippen molar-refractivity contribution >= 4 is 49.6 Å². The highest BCUT2D eigenvalue weighted by Gasteiger charge is 2.35. The minimum atomic E-state index is -0.0105. The lowest BCUT2D eigenvalue weighted by Crippen LogP contribution is -2.15. The third kappa shape index (κ3) is 3.93. The smallest absolute Gasteiger partial charge is 0.0562 e. The summed E-state index contributed by atoms with van der Waals surface area (Å²) in [6.45, 7) is 4.69. The number of nitrogens with zero attached hydrogens (tertiary/aromatic N) is 2. The molecular formula is C49H34N2. The lowest BCUT2D eigenvalue weighted by Gasteiger charge is -2.34. The van der Waals surface area contributed by atoms with Crippen LogP contribution < -0.4 is 4.90 Å². The summed E-state index contributed by atoms with van der Waals surface area (Å²) in [5.74, 6) is 0. The van der Waals surface area contributed by atoms with Gasteiger partial charge in [0.25, 0.3) is 0 Å². The van der Waals surface area contributed by atoms with E-state index in [9.17, 15) is 0 Å². The highest BCUT2D eigenvalue weighted by Crippen LogP contribution is 2.54. The molecule has 0 fully saturated rings. The van der Waals surface area contributed by atoms with Crippen molar-refractivity contribution in [3.8, 4) is 39.1 Å². The van der Waals surface area contributed by atoms with Crippen LogP contribution in [0.15, 0.2) is 170 Å². The molecule has 0 unspecified atom stereocenters. The predicted molar refractivity (Wildman–Crippen MR) is 215 cm³/mol. The van der Waals surface area contributed by atoms with E-state index in [1.165, 1.54) is 88.5 Å². The van der Waals surface area contributed by atoms with Crippen molar-refractivity contribution in [3.63, 3.8) is 0 Å². The molecule has 11 rings (SSSR count). The summed E-state index contributed by atoms with van der Waals surface area (Å²) in [5, 5.41) is 5.07. The monoisotopic (exact) mass is 650 g/mol. The number of rotatable bonds is 3. The predicted octanol–water partition coefficient (Wildman–Crippen LogP) is 13.4. The largest absolute Gasteiger partial charge is 0.309 e. The summed E-state index contributed by atoms with van der Waals surface area (Å²) in [7, 11) is 0. The van der Waals surface area contributed by atoms with Gasteiger partial charge in [0, 0.05) is 38.5 Å². The number of hydrogen-bond acceptors (Lipinski definition) is 1.